The van der Waals surface area contributed by atoms with Crippen LogP contribution in [0, 0.1) is 11.8 Å². The summed E-state index contributed by atoms with van der Waals surface area (Å²) in [6.07, 6.45) is 2.93. The summed E-state index contributed by atoms with van der Waals surface area (Å²) in [5.74, 6) is 0.741. The molecular weight excluding hydrogens is 304 g/mol. The van der Waals surface area contributed by atoms with Gasteiger partial charge in [0, 0.05) is 51.5 Å². The van der Waals surface area contributed by atoms with Gasteiger partial charge in [-0.1, -0.05) is 6.92 Å². The minimum absolute atomic E-state index is 0.164. The van der Waals surface area contributed by atoms with Gasteiger partial charge in [-0.25, -0.2) is 0 Å². The minimum Gasteiger partial charge on any atom is -0.389 e. The van der Waals surface area contributed by atoms with Crippen LogP contribution < -0.4 is 0 Å². The minimum atomic E-state index is -0.497. The molecule has 0 aromatic carbocycles. The van der Waals surface area contributed by atoms with Crippen molar-refractivity contribution in [1.29, 1.82) is 0 Å². The van der Waals surface area contributed by atoms with Gasteiger partial charge in [0.2, 0.25) is 0 Å². The van der Waals surface area contributed by atoms with Crippen molar-refractivity contribution in [3.63, 3.8) is 0 Å². The number of hydrogen-bond donors (Lipinski definition) is 1. The molecule has 3 aliphatic heterocycles. The van der Waals surface area contributed by atoms with E-state index in [2.05, 4.69) is 30.6 Å². The van der Waals surface area contributed by atoms with Gasteiger partial charge >= 0.3 is 0 Å². The largest absolute Gasteiger partial charge is 0.389 e. The molecule has 24 heavy (non-hydrogen) atoms. The lowest BCUT2D eigenvalue weighted by Gasteiger charge is -2.51. The summed E-state index contributed by atoms with van der Waals surface area (Å²) in [5.41, 5.74) is -0.332. The Bertz CT molecular complexity index is 405. The number of nitrogens with zero attached hydrogens (tertiary/aromatic N) is 2. The molecule has 0 amide bonds. The maximum atomic E-state index is 11.3. The van der Waals surface area contributed by atoms with Gasteiger partial charge in [-0.3, -0.25) is 4.90 Å². The molecule has 0 aromatic heterocycles. The maximum absolute atomic E-state index is 11.3. The van der Waals surface area contributed by atoms with E-state index in [-0.39, 0.29) is 5.54 Å². The zero-order valence-electron chi connectivity index (χ0n) is 15.8. The summed E-state index contributed by atoms with van der Waals surface area (Å²) in [4.78, 5) is 5.12. The van der Waals surface area contributed by atoms with Gasteiger partial charge < -0.3 is 19.5 Å². The average Bonchev–Trinajstić information content (AvgIpc) is 2.60. The highest BCUT2D eigenvalue weighted by Gasteiger charge is 2.46. The van der Waals surface area contributed by atoms with Gasteiger partial charge in [-0.05, 0) is 44.9 Å². The summed E-state index contributed by atoms with van der Waals surface area (Å²) in [5, 5.41) is 11.3. The molecule has 0 bridgehead atoms. The summed E-state index contributed by atoms with van der Waals surface area (Å²) in [7, 11) is 0. The van der Waals surface area contributed by atoms with E-state index < -0.39 is 5.60 Å². The van der Waals surface area contributed by atoms with Crippen molar-refractivity contribution in [3.05, 3.63) is 0 Å². The standard InChI is InChI=1S/C19H36N2O3/c1-16-14-20(15-18(2,3)21-8-12-24-13-9-21)7-6-19(16,22)17-4-10-23-11-5-17/h16-17,22H,4-15H2,1-3H3/t16-,19+/m1/s1. The number of piperidine rings is 1. The zero-order chi connectivity index (χ0) is 17.2. The van der Waals surface area contributed by atoms with Gasteiger partial charge in [-0.2, -0.15) is 0 Å². The third kappa shape index (κ3) is 3.96. The fraction of sp³-hybridized carbons (Fsp3) is 1.00. The number of ether oxygens (including phenoxy) is 2. The molecule has 0 aliphatic carbocycles. The van der Waals surface area contributed by atoms with Crippen molar-refractivity contribution in [2.45, 2.75) is 51.2 Å². The van der Waals surface area contributed by atoms with Crippen molar-refractivity contribution >= 4 is 0 Å². The Hall–Kier alpha value is -0.200. The van der Waals surface area contributed by atoms with E-state index in [4.69, 9.17) is 9.47 Å². The molecule has 3 aliphatic rings. The molecule has 140 valence electrons. The summed E-state index contributed by atoms with van der Waals surface area (Å²) < 4.78 is 11.0. The quantitative estimate of drug-likeness (QED) is 0.842. The highest BCUT2D eigenvalue weighted by molar-refractivity contribution is 4.98. The van der Waals surface area contributed by atoms with Crippen LogP contribution in [0.1, 0.15) is 40.0 Å². The van der Waals surface area contributed by atoms with E-state index in [0.29, 0.717) is 11.8 Å². The van der Waals surface area contributed by atoms with Crippen LogP contribution in [0.15, 0.2) is 0 Å². The maximum Gasteiger partial charge on any atom is 0.0727 e. The van der Waals surface area contributed by atoms with Gasteiger partial charge in [-0.15, -0.1) is 0 Å². The first kappa shape index (κ1) is 18.6. The Kier molecular flexibility index (Phi) is 5.87. The van der Waals surface area contributed by atoms with Crippen LogP contribution in [-0.4, -0.2) is 85.2 Å². The Morgan fingerprint density at radius 1 is 1.04 bits per heavy atom. The van der Waals surface area contributed by atoms with Gasteiger partial charge in [0.1, 0.15) is 0 Å². The van der Waals surface area contributed by atoms with Crippen LogP contribution in [0.5, 0.6) is 0 Å². The smallest absolute Gasteiger partial charge is 0.0727 e. The molecule has 1 N–H and O–H groups in total. The van der Waals surface area contributed by atoms with Crippen LogP contribution in [-0.2, 0) is 9.47 Å². The number of likely N-dealkylation sites (tertiary alicyclic amines) is 1. The van der Waals surface area contributed by atoms with Crippen molar-refractivity contribution in [2.75, 3.05) is 59.2 Å². The number of rotatable bonds is 4. The van der Waals surface area contributed by atoms with Gasteiger partial charge in [0.05, 0.1) is 18.8 Å². The average molecular weight is 341 g/mol. The molecule has 0 spiro atoms. The Morgan fingerprint density at radius 2 is 1.67 bits per heavy atom. The zero-order valence-corrected chi connectivity index (χ0v) is 15.8. The summed E-state index contributed by atoms with van der Waals surface area (Å²) in [6.45, 7) is 15.4. The van der Waals surface area contributed by atoms with E-state index in [0.717, 1.165) is 78.4 Å². The molecule has 3 heterocycles. The Balaban J connectivity index is 1.56. The SMILES string of the molecule is C[C@@H]1CN(CC(C)(C)N2CCOCC2)CC[C@@]1(O)C1CCOCC1. The molecule has 5 heteroatoms. The predicted molar refractivity (Wildman–Crippen MR) is 95.2 cm³/mol. The fourth-order valence-corrected chi connectivity index (χ4v) is 4.98. The number of hydrogen-bond acceptors (Lipinski definition) is 5. The normalized spacial score (nSPS) is 35.2. The third-order valence-corrected chi connectivity index (χ3v) is 6.62. The monoisotopic (exact) mass is 340 g/mol. The van der Waals surface area contributed by atoms with E-state index in [1.807, 2.05) is 0 Å². The molecule has 2 atom stereocenters. The van der Waals surface area contributed by atoms with Crippen molar-refractivity contribution in [3.8, 4) is 0 Å². The van der Waals surface area contributed by atoms with Crippen LogP contribution in [0.4, 0.5) is 0 Å². The lowest BCUT2D eigenvalue weighted by Crippen LogP contribution is -2.60. The molecule has 3 rings (SSSR count). The number of aliphatic hydroxyl groups is 1. The molecular formula is C19H36N2O3. The molecule has 0 saturated carbocycles. The Labute approximate surface area is 147 Å². The van der Waals surface area contributed by atoms with Crippen LogP contribution >= 0.6 is 0 Å². The van der Waals surface area contributed by atoms with Crippen LogP contribution in [0.25, 0.3) is 0 Å². The lowest BCUT2D eigenvalue weighted by molar-refractivity contribution is -0.135. The Morgan fingerprint density at radius 3 is 2.29 bits per heavy atom. The highest BCUT2D eigenvalue weighted by Crippen LogP contribution is 2.39. The molecule has 3 fully saturated rings. The van der Waals surface area contributed by atoms with Gasteiger partial charge in [0.15, 0.2) is 0 Å². The van der Waals surface area contributed by atoms with Gasteiger partial charge in [0.25, 0.3) is 0 Å². The second-order valence-corrected chi connectivity index (χ2v) is 8.68. The molecule has 0 unspecified atom stereocenters. The van der Waals surface area contributed by atoms with Crippen molar-refractivity contribution in [1.82, 2.24) is 9.80 Å². The van der Waals surface area contributed by atoms with E-state index in [1.165, 1.54) is 0 Å². The fourth-order valence-electron chi connectivity index (χ4n) is 4.98. The van der Waals surface area contributed by atoms with E-state index >= 15 is 0 Å². The molecule has 5 nitrogen and oxygen atoms in total. The summed E-state index contributed by atoms with van der Waals surface area (Å²) in [6, 6.07) is 0. The second kappa shape index (κ2) is 7.58. The van der Waals surface area contributed by atoms with E-state index in [9.17, 15) is 5.11 Å². The van der Waals surface area contributed by atoms with Crippen LogP contribution in [0.3, 0.4) is 0 Å². The number of morpholine rings is 1. The first-order valence-corrected chi connectivity index (χ1v) is 9.77. The third-order valence-electron chi connectivity index (χ3n) is 6.62. The summed E-state index contributed by atoms with van der Waals surface area (Å²) >= 11 is 0. The van der Waals surface area contributed by atoms with Crippen LogP contribution in [0.2, 0.25) is 0 Å². The lowest BCUT2D eigenvalue weighted by atomic mass is 9.70. The van der Waals surface area contributed by atoms with Crippen molar-refractivity contribution in [2.24, 2.45) is 11.8 Å². The molecule has 0 aromatic rings. The van der Waals surface area contributed by atoms with Crippen molar-refractivity contribution < 1.29 is 14.6 Å². The highest BCUT2D eigenvalue weighted by atomic mass is 16.5. The first-order valence-electron chi connectivity index (χ1n) is 9.77. The first-order chi connectivity index (χ1) is 11.4. The predicted octanol–water partition coefficient (Wildman–Crippen LogP) is 1.60. The molecule has 0 radical (unpaired) electrons. The van der Waals surface area contributed by atoms with E-state index in [1.54, 1.807) is 0 Å². The molecule has 3 saturated heterocycles. The topological polar surface area (TPSA) is 45.2 Å². The second-order valence-electron chi connectivity index (χ2n) is 8.68.